The van der Waals surface area contributed by atoms with Gasteiger partial charge in [-0.1, -0.05) is 41.9 Å². The summed E-state index contributed by atoms with van der Waals surface area (Å²) in [5.74, 6) is -3.38. The van der Waals surface area contributed by atoms with Crippen LogP contribution < -0.4 is 22.1 Å². The van der Waals surface area contributed by atoms with E-state index in [-0.39, 0.29) is 30.5 Å². The molecule has 0 radical (unpaired) electrons. The van der Waals surface area contributed by atoms with Crippen molar-refractivity contribution in [3.63, 3.8) is 0 Å². The molecule has 164 valence electrons. The fourth-order valence-corrected chi connectivity index (χ4v) is 3.01. The molecule has 0 saturated carbocycles. The average molecular weight is 447 g/mol. The second kappa shape index (κ2) is 11.0. The van der Waals surface area contributed by atoms with Crippen LogP contribution in [0.4, 0.5) is 5.69 Å². The monoisotopic (exact) mass is 446 g/mol. The van der Waals surface area contributed by atoms with Gasteiger partial charge in [0.1, 0.15) is 12.1 Å². The number of nitrogens with one attached hydrogen (secondary N) is 2. The van der Waals surface area contributed by atoms with Crippen molar-refractivity contribution in [1.82, 2.24) is 10.6 Å². The number of halogens is 1. The summed E-state index contributed by atoms with van der Waals surface area (Å²) in [6.07, 6.45) is -0.295. The molecular weight excluding hydrogens is 424 g/mol. The van der Waals surface area contributed by atoms with Crippen LogP contribution in [0, 0.1) is 0 Å². The molecule has 0 aliphatic carbocycles. The standard InChI is InChI=1S/C21H23ClN4O5/c22-13-6-7-15(23)14(11-13)19(28)26-17(10-12-4-2-1-3-5-12)20(29)25-16(21(30)31)8-9-18(24)27/h1-7,11,16-17H,8-10,23H2,(H2,24,27)(H,25,29)(H,26,28)(H,30,31)/t16-,17+/m1/s1. The van der Waals surface area contributed by atoms with Crippen LogP contribution in [0.3, 0.4) is 0 Å². The third-order valence-electron chi connectivity index (χ3n) is 4.46. The zero-order chi connectivity index (χ0) is 23.0. The number of primary amides is 1. The van der Waals surface area contributed by atoms with Crippen molar-refractivity contribution in [2.24, 2.45) is 5.73 Å². The van der Waals surface area contributed by atoms with Gasteiger partial charge in [-0.25, -0.2) is 4.79 Å². The molecule has 0 spiro atoms. The number of nitrogens with two attached hydrogens (primary N) is 2. The van der Waals surface area contributed by atoms with E-state index in [1.807, 2.05) is 0 Å². The Hall–Kier alpha value is -3.59. The zero-order valence-electron chi connectivity index (χ0n) is 16.5. The molecule has 0 heterocycles. The van der Waals surface area contributed by atoms with Crippen molar-refractivity contribution in [2.75, 3.05) is 5.73 Å². The molecule has 10 heteroatoms. The maximum absolute atomic E-state index is 12.9. The third kappa shape index (κ3) is 7.31. The zero-order valence-corrected chi connectivity index (χ0v) is 17.3. The van der Waals surface area contributed by atoms with Crippen LogP contribution in [0.5, 0.6) is 0 Å². The molecule has 0 saturated heterocycles. The van der Waals surface area contributed by atoms with E-state index in [2.05, 4.69) is 10.6 Å². The van der Waals surface area contributed by atoms with Gasteiger partial charge >= 0.3 is 5.97 Å². The van der Waals surface area contributed by atoms with Gasteiger partial charge in [-0.15, -0.1) is 0 Å². The molecule has 2 aromatic carbocycles. The van der Waals surface area contributed by atoms with Gasteiger partial charge in [0.2, 0.25) is 11.8 Å². The Morgan fingerprint density at radius 3 is 2.29 bits per heavy atom. The number of anilines is 1. The summed E-state index contributed by atoms with van der Waals surface area (Å²) in [4.78, 5) is 48.1. The SMILES string of the molecule is NC(=O)CC[C@@H](NC(=O)[C@H](Cc1ccccc1)NC(=O)c1cc(Cl)ccc1N)C(=O)O. The molecule has 9 nitrogen and oxygen atoms in total. The van der Waals surface area contributed by atoms with E-state index < -0.39 is 35.8 Å². The number of carboxylic acid groups (broad SMARTS) is 1. The maximum atomic E-state index is 12.9. The smallest absolute Gasteiger partial charge is 0.326 e. The normalized spacial score (nSPS) is 12.4. The fraction of sp³-hybridized carbons (Fsp3) is 0.238. The lowest BCUT2D eigenvalue weighted by Gasteiger charge is -2.22. The van der Waals surface area contributed by atoms with Crippen molar-refractivity contribution in [3.05, 3.63) is 64.7 Å². The third-order valence-corrected chi connectivity index (χ3v) is 4.69. The largest absolute Gasteiger partial charge is 0.480 e. The first-order chi connectivity index (χ1) is 14.7. The Morgan fingerprint density at radius 1 is 1.00 bits per heavy atom. The molecule has 2 aromatic rings. The highest BCUT2D eigenvalue weighted by Gasteiger charge is 2.27. The molecule has 0 fully saturated rings. The van der Waals surface area contributed by atoms with Crippen LogP contribution in [0.2, 0.25) is 5.02 Å². The predicted octanol–water partition coefficient (Wildman–Crippen LogP) is 1.10. The minimum atomic E-state index is -1.34. The van der Waals surface area contributed by atoms with Gasteiger partial charge in [-0.05, 0) is 30.2 Å². The number of carbonyl (C=O) groups is 4. The van der Waals surface area contributed by atoms with E-state index in [1.54, 1.807) is 30.3 Å². The lowest BCUT2D eigenvalue weighted by Crippen LogP contribution is -2.52. The van der Waals surface area contributed by atoms with Crippen LogP contribution in [0.15, 0.2) is 48.5 Å². The van der Waals surface area contributed by atoms with Crippen molar-refractivity contribution in [2.45, 2.75) is 31.3 Å². The highest BCUT2D eigenvalue weighted by atomic mass is 35.5. The molecule has 2 rings (SSSR count). The highest BCUT2D eigenvalue weighted by molar-refractivity contribution is 6.31. The summed E-state index contributed by atoms with van der Waals surface area (Å²) in [6, 6.07) is 10.8. The highest BCUT2D eigenvalue weighted by Crippen LogP contribution is 2.18. The average Bonchev–Trinajstić information content (AvgIpc) is 2.72. The van der Waals surface area contributed by atoms with Crippen molar-refractivity contribution in [3.8, 4) is 0 Å². The number of aliphatic carboxylic acids is 1. The fourth-order valence-electron chi connectivity index (χ4n) is 2.84. The molecule has 0 unspecified atom stereocenters. The number of hydrogen-bond acceptors (Lipinski definition) is 5. The molecule has 2 atom stereocenters. The topological polar surface area (TPSA) is 165 Å². The first kappa shape index (κ1) is 23.7. The van der Waals surface area contributed by atoms with Crippen LogP contribution >= 0.6 is 11.6 Å². The Bertz CT molecular complexity index is 967. The molecule has 0 aromatic heterocycles. The van der Waals surface area contributed by atoms with Crippen LogP contribution in [-0.2, 0) is 20.8 Å². The Kier molecular flexibility index (Phi) is 8.39. The summed E-state index contributed by atoms with van der Waals surface area (Å²) in [7, 11) is 0. The minimum Gasteiger partial charge on any atom is -0.480 e. The maximum Gasteiger partial charge on any atom is 0.326 e. The van der Waals surface area contributed by atoms with Crippen LogP contribution in [-0.4, -0.2) is 40.9 Å². The molecule has 31 heavy (non-hydrogen) atoms. The van der Waals surface area contributed by atoms with Crippen LogP contribution in [0.1, 0.15) is 28.8 Å². The van der Waals surface area contributed by atoms with E-state index in [1.165, 1.54) is 18.2 Å². The van der Waals surface area contributed by atoms with Gasteiger partial charge in [0, 0.05) is 23.6 Å². The van der Waals surface area contributed by atoms with Crippen molar-refractivity contribution >= 4 is 41.0 Å². The van der Waals surface area contributed by atoms with E-state index in [4.69, 9.17) is 23.1 Å². The number of benzene rings is 2. The quantitative estimate of drug-likeness (QED) is 0.343. The number of nitrogen functional groups attached to an aromatic ring is 1. The van der Waals surface area contributed by atoms with Gasteiger partial charge in [0.15, 0.2) is 0 Å². The number of amides is 3. The van der Waals surface area contributed by atoms with E-state index in [0.29, 0.717) is 5.02 Å². The van der Waals surface area contributed by atoms with Crippen molar-refractivity contribution in [1.29, 1.82) is 0 Å². The molecule has 3 amide bonds. The number of hydrogen-bond donors (Lipinski definition) is 5. The number of rotatable bonds is 10. The minimum absolute atomic E-state index is 0.0851. The first-order valence-corrected chi connectivity index (χ1v) is 9.76. The summed E-state index contributed by atoms with van der Waals surface area (Å²) < 4.78 is 0. The van der Waals surface area contributed by atoms with Gasteiger partial charge in [-0.3, -0.25) is 14.4 Å². The van der Waals surface area contributed by atoms with Crippen molar-refractivity contribution < 1.29 is 24.3 Å². The Balaban J connectivity index is 2.23. The molecule has 7 N–H and O–H groups in total. The van der Waals surface area contributed by atoms with E-state index in [9.17, 15) is 24.3 Å². The summed E-state index contributed by atoms with van der Waals surface area (Å²) >= 11 is 5.94. The first-order valence-electron chi connectivity index (χ1n) is 9.38. The summed E-state index contributed by atoms with van der Waals surface area (Å²) in [6.45, 7) is 0. The summed E-state index contributed by atoms with van der Waals surface area (Å²) in [5.41, 5.74) is 11.9. The summed E-state index contributed by atoms with van der Waals surface area (Å²) in [5, 5.41) is 14.6. The van der Waals surface area contributed by atoms with E-state index in [0.717, 1.165) is 5.56 Å². The van der Waals surface area contributed by atoms with E-state index >= 15 is 0 Å². The van der Waals surface area contributed by atoms with Gasteiger partial charge in [0.25, 0.3) is 5.91 Å². The Morgan fingerprint density at radius 2 is 1.68 bits per heavy atom. The molecule has 0 aliphatic heterocycles. The predicted molar refractivity (Wildman–Crippen MR) is 115 cm³/mol. The second-order valence-electron chi connectivity index (χ2n) is 6.85. The lowest BCUT2D eigenvalue weighted by molar-refractivity contribution is -0.142. The van der Waals surface area contributed by atoms with Crippen LogP contribution in [0.25, 0.3) is 0 Å². The number of carbonyl (C=O) groups excluding carboxylic acids is 3. The Labute approximate surface area is 183 Å². The lowest BCUT2D eigenvalue weighted by atomic mass is 10.0. The molecule has 0 bridgehead atoms. The number of carboxylic acids is 1. The molecular formula is C21H23ClN4O5. The van der Waals surface area contributed by atoms with Gasteiger partial charge in [0.05, 0.1) is 5.56 Å². The second-order valence-corrected chi connectivity index (χ2v) is 7.29. The van der Waals surface area contributed by atoms with Gasteiger partial charge < -0.3 is 27.2 Å². The molecule has 0 aliphatic rings. The van der Waals surface area contributed by atoms with Gasteiger partial charge in [-0.2, -0.15) is 0 Å².